The van der Waals surface area contributed by atoms with Crippen molar-refractivity contribution in [1.82, 2.24) is 9.55 Å². The third kappa shape index (κ3) is 3.12. The highest BCUT2D eigenvalue weighted by molar-refractivity contribution is 5.80. The Labute approximate surface area is 182 Å². The molecule has 4 aromatic rings. The number of ether oxygens (including phenoxy) is 2. The largest absolute Gasteiger partial charge is 0.497 e. The van der Waals surface area contributed by atoms with Crippen molar-refractivity contribution in [3.8, 4) is 34.3 Å². The minimum Gasteiger partial charge on any atom is -0.497 e. The minimum absolute atomic E-state index is 0.00317. The van der Waals surface area contributed by atoms with Gasteiger partial charge in [-0.05, 0) is 12.1 Å². The SMILES string of the molecule is COc1ccc([C@]2(C(F)(F)F)Cn3c(nc(-c4ccccc4)c3-c3ccccc3)O2)cc1. The highest BCUT2D eigenvalue weighted by Gasteiger charge is 2.63. The van der Waals surface area contributed by atoms with Crippen LogP contribution in [0.5, 0.6) is 11.8 Å². The van der Waals surface area contributed by atoms with Crippen LogP contribution in [0.2, 0.25) is 0 Å². The first-order chi connectivity index (χ1) is 15.4. The van der Waals surface area contributed by atoms with Gasteiger partial charge in [0.25, 0.3) is 6.01 Å². The van der Waals surface area contributed by atoms with Gasteiger partial charge in [0, 0.05) is 16.7 Å². The van der Waals surface area contributed by atoms with E-state index in [2.05, 4.69) is 4.98 Å². The summed E-state index contributed by atoms with van der Waals surface area (Å²) in [6, 6.07) is 24.4. The summed E-state index contributed by atoms with van der Waals surface area (Å²) in [4.78, 5) is 4.52. The molecule has 0 N–H and O–H groups in total. The number of aromatic nitrogens is 2. The highest BCUT2D eigenvalue weighted by Crippen LogP contribution is 2.51. The predicted octanol–water partition coefficient (Wildman–Crippen LogP) is 6.08. The number of halogens is 3. The zero-order chi connectivity index (χ0) is 22.3. The van der Waals surface area contributed by atoms with Crippen molar-refractivity contribution in [3.63, 3.8) is 0 Å². The van der Waals surface area contributed by atoms with Crippen LogP contribution in [0.25, 0.3) is 22.5 Å². The molecule has 1 aromatic heterocycles. The number of alkyl halides is 3. The second kappa shape index (κ2) is 7.44. The molecule has 3 aromatic carbocycles. The van der Waals surface area contributed by atoms with Crippen LogP contribution in [0.4, 0.5) is 13.2 Å². The molecule has 0 fully saturated rings. The standard InChI is InChI=1S/C25H19F3N2O2/c1-31-20-14-12-19(13-15-20)24(25(26,27)28)16-30-22(18-10-6-3-7-11-18)21(29-23(30)32-24)17-8-4-2-5-9-17/h2-15H,16H2,1H3/t24-/m0/s1. The molecule has 32 heavy (non-hydrogen) atoms. The summed E-state index contributed by atoms with van der Waals surface area (Å²) in [5.74, 6) is 0.471. The van der Waals surface area contributed by atoms with Gasteiger partial charge in [0.2, 0.25) is 5.60 Å². The van der Waals surface area contributed by atoms with Crippen molar-refractivity contribution in [1.29, 1.82) is 0 Å². The molecule has 0 spiro atoms. The van der Waals surface area contributed by atoms with Crippen LogP contribution < -0.4 is 9.47 Å². The van der Waals surface area contributed by atoms with Crippen LogP contribution >= 0.6 is 0 Å². The van der Waals surface area contributed by atoms with Crippen molar-refractivity contribution < 1.29 is 22.6 Å². The molecule has 7 heteroatoms. The third-order valence-electron chi connectivity index (χ3n) is 5.69. The molecule has 0 saturated carbocycles. The van der Waals surface area contributed by atoms with Gasteiger partial charge >= 0.3 is 6.18 Å². The maximum atomic E-state index is 14.5. The maximum absolute atomic E-state index is 14.5. The molecule has 0 aliphatic carbocycles. The van der Waals surface area contributed by atoms with E-state index in [0.717, 1.165) is 11.1 Å². The Morgan fingerprint density at radius 3 is 2.03 bits per heavy atom. The average molecular weight is 436 g/mol. The number of methoxy groups -OCH3 is 1. The Kier molecular flexibility index (Phi) is 4.69. The number of hydrogen-bond donors (Lipinski definition) is 0. The number of rotatable bonds is 4. The number of nitrogens with zero attached hydrogens (tertiary/aromatic N) is 2. The van der Waals surface area contributed by atoms with Gasteiger partial charge in [0.15, 0.2) is 0 Å². The van der Waals surface area contributed by atoms with Crippen LogP contribution in [0, 0.1) is 0 Å². The molecule has 2 heterocycles. The molecule has 0 bridgehead atoms. The second-order valence-corrected chi connectivity index (χ2v) is 7.57. The van der Waals surface area contributed by atoms with E-state index in [1.54, 1.807) is 0 Å². The lowest BCUT2D eigenvalue weighted by molar-refractivity contribution is -0.250. The molecule has 0 unspecified atom stereocenters. The van der Waals surface area contributed by atoms with Crippen LogP contribution in [-0.2, 0) is 12.1 Å². The van der Waals surface area contributed by atoms with E-state index in [4.69, 9.17) is 9.47 Å². The van der Waals surface area contributed by atoms with E-state index in [-0.39, 0.29) is 11.6 Å². The van der Waals surface area contributed by atoms with E-state index in [1.807, 2.05) is 60.7 Å². The lowest BCUT2D eigenvalue weighted by atomic mass is 9.92. The molecule has 0 saturated heterocycles. The number of imidazole rings is 1. The molecule has 1 aliphatic rings. The highest BCUT2D eigenvalue weighted by atomic mass is 19.4. The summed E-state index contributed by atoms with van der Waals surface area (Å²) >= 11 is 0. The molecule has 5 rings (SSSR count). The van der Waals surface area contributed by atoms with Crippen molar-refractivity contribution in [2.24, 2.45) is 0 Å². The van der Waals surface area contributed by atoms with Gasteiger partial charge in [-0.2, -0.15) is 18.2 Å². The van der Waals surface area contributed by atoms with E-state index >= 15 is 0 Å². The van der Waals surface area contributed by atoms with Gasteiger partial charge < -0.3 is 9.47 Å². The molecule has 1 aliphatic heterocycles. The van der Waals surface area contributed by atoms with E-state index in [0.29, 0.717) is 17.1 Å². The Bertz CT molecular complexity index is 1240. The fourth-order valence-corrected chi connectivity index (χ4v) is 4.08. The van der Waals surface area contributed by atoms with Crippen LogP contribution in [-0.4, -0.2) is 22.8 Å². The molecule has 4 nitrogen and oxygen atoms in total. The van der Waals surface area contributed by atoms with E-state index < -0.39 is 18.3 Å². The lowest BCUT2D eigenvalue weighted by Crippen LogP contribution is -2.47. The van der Waals surface area contributed by atoms with Gasteiger partial charge in [-0.25, -0.2) is 0 Å². The zero-order valence-corrected chi connectivity index (χ0v) is 17.1. The monoisotopic (exact) mass is 436 g/mol. The number of hydrogen-bond acceptors (Lipinski definition) is 3. The summed E-state index contributed by atoms with van der Waals surface area (Å²) < 4.78 is 55.8. The first-order valence-electron chi connectivity index (χ1n) is 10.0. The summed E-state index contributed by atoms with van der Waals surface area (Å²) in [6.45, 7) is -0.442. The van der Waals surface area contributed by atoms with Crippen LogP contribution in [0.1, 0.15) is 5.56 Å². The average Bonchev–Trinajstić information content (AvgIpc) is 3.36. The van der Waals surface area contributed by atoms with Crippen molar-refractivity contribution in [3.05, 3.63) is 90.5 Å². The minimum atomic E-state index is -4.66. The van der Waals surface area contributed by atoms with Crippen molar-refractivity contribution in [2.45, 2.75) is 18.3 Å². The molecular formula is C25H19F3N2O2. The van der Waals surface area contributed by atoms with Gasteiger partial charge in [-0.15, -0.1) is 0 Å². The first kappa shape index (κ1) is 20.2. The molecular weight excluding hydrogens is 417 g/mol. The number of fused-ring (bicyclic) bond motifs is 1. The Hall–Kier alpha value is -3.74. The Morgan fingerprint density at radius 1 is 0.875 bits per heavy atom. The fourth-order valence-electron chi connectivity index (χ4n) is 4.08. The van der Waals surface area contributed by atoms with Gasteiger partial charge in [0.1, 0.15) is 11.4 Å². The summed E-state index contributed by atoms with van der Waals surface area (Å²) in [5, 5.41) is 0. The fraction of sp³-hybridized carbons (Fsp3) is 0.160. The quantitative estimate of drug-likeness (QED) is 0.389. The van der Waals surface area contributed by atoms with Gasteiger partial charge in [-0.3, -0.25) is 4.57 Å². The molecule has 0 amide bonds. The molecule has 0 radical (unpaired) electrons. The van der Waals surface area contributed by atoms with Crippen molar-refractivity contribution >= 4 is 0 Å². The summed E-state index contributed by atoms with van der Waals surface area (Å²) in [5.41, 5.74) is 0.195. The Balaban J connectivity index is 1.68. The predicted molar refractivity (Wildman–Crippen MR) is 114 cm³/mol. The lowest BCUT2D eigenvalue weighted by Gasteiger charge is -2.30. The normalized spacial score (nSPS) is 17.6. The van der Waals surface area contributed by atoms with E-state index in [9.17, 15) is 13.2 Å². The second-order valence-electron chi connectivity index (χ2n) is 7.57. The van der Waals surface area contributed by atoms with Crippen LogP contribution in [0.3, 0.4) is 0 Å². The van der Waals surface area contributed by atoms with Crippen molar-refractivity contribution in [2.75, 3.05) is 7.11 Å². The third-order valence-corrected chi connectivity index (χ3v) is 5.69. The number of benzene rings is 3. The Morgan fingerprint density at radius 2 is 1.47 bits per heavy atom. The zero-order valence-electron chi connectivity index (χ0n) is 17.1. The smallest absolute Gasteiger partial charge is 0.434 e. The topological polar surface area (TPSA) is 36.3 Å². The van der Waals surface area contributed by atoms with Gasteiger partial charge in [-0.1, -0.05) is 72.8 Å². The molecule has 1 atom stereocenters. The maximum Gasteiger partial charge on any atom is 0.434 e. The summed E-state index contributed by atoms with van der Waals surface area (Å²) in [6.07, 6.45) is -4.66. The van der Waals surface area contributed by atoms with E-state index in [1.165, 1.54) is 35.9 Å². The molecule has 162 valence electrons. The summed E-state index contributed by atoms with van der Waals surface area (Å²) in [7, 11) is 1.47. The first-order valence-corrected chi connectivity index (χ1v) is 10.0. The van der Waals surface area contributed by atoms with Crippen LogP contribution in [0.15, 0.2) is 84.9 Å². The van der Waals surface area contributed by atoms with Gasteiger partial charge in [0.05, 0.1) is 19.3 Å².